The van der Waals surface area contributed by atoms with Crippen molar-refractivity contribution in [2.75, 3.05) is 6.61 Å². The average Bonchev–Trinajstić information content (AvgIpc) is 2.71. The van der Waals surface area contributed by atoms with E-state index < -0.39 is 16.8 Å². The molecule has 0 saturated heterocycles. The zero-order valence-electron chi connectivity index (χ0n) is 9.56. The van der Waals surface area contributed by atoms with Crippen molar-refractivity contribution in [2.45, 2.75) is 13.5 Å². The van der Waals surface area contributed by atoms with Crippen molar-refractivity contribution in [3.63, 3.8) is 0 Å². The molecule has 0 unspecified atom stereocenters. The maximum atomic E-state index is 11.7. The van der Waals surface area contributed by atoms with Crippen molar-refractivity contribution >= 4 is 17.6 Å². The fraction of sp³-hybridized carbons (Fsp3) is 0.273. The second-order valence-corrected chi connectivity index (χ2v) is 3.65. The zero-order valence-corrected chi connectivity index (χ0v) is 9.56. The Kier molecular flexibility index (Phi) is 2.97. The minimum Gasteiger partial charge on any atom is -0.462 e. The van der Waals surface area contributed by atoms with Gasteiger partial charge in [-0.2, -0.15) is 0 Å². The third-order valence-corrected chi connectivity index (χ3v) is 2.64. The lowest BCUT2D eigenvalue weighted by molar-refractivity contribution is -0.385. The number of carbonyl (C=O) groups is 2. The molecule has 1 aliphatic rings. The quantitative estimate of drug-likeness (QED) is 0.490. The SMILES string of the molecule is CCOC(=O)c1ccc([N+](=O)[O-])c2c1CNC2=O. The van der Waals surface area contributed by atoms with Gasteiger partial charge in [0.15, 0.2) is 0 Å². The fourth-order valence-electron chi connectivity index (χ4n) is 1.88. The minimum absolute atomic E-state index is 0.0504. The Bertz CT molecular complexity index is 553. The summed E-state index contributed by atoms with van der Waals surface area (Å²) in [6, 6.07) is 2.46. The van der Waals surface area contributed by atoms with E-state index in [1.165, 1.54) is 6.07 Å². The summed E-state index contributed by atoms with van der Waals surface area (Å²) >= 11 is 0. The largest absolute Gasteiger partial charge is 0.462 e. The van der Waals surface area contributed by atoms with E-state index in [1.54, 1.807) is 6.92 Å². The molecule has 1 aromatic rings. The van der Waals surface area contributed by atoms with Crippen LogP contribution in [0, 0.1) is 10.1 Å². The Labute approximate surface area is 102 Å². The summed E-state index contributed by atoms with van der Waals surface area (Å²) in [4.78, 5) is 33.4. The van der Waals surface area contributed by atoms with Gasteiger partial charge in [0.05, 0.1) is 17.1 Å². The summed E-state index contributed by atoms with van der Waals surface area (Å²) in [5.41, 5.74) is 0.169. The van der Waals surface area contributed by atoms with Crippen LogP contribution in [0.25, 0.3) is 0 Å². The van der Waals surface area contributed by atoms with Crippen LogP contribution in [0.5, 0.6) is 0 Å². The molecular formula is C11H10N2O5. The first-order chi connectivity index (χ1) is 8.56. The minimum atomic E-state index is -0.640. The van der Waals surface area contributed by atoms with E-state index in [0.717, 1.165) is 6.07 Å². The predicted molar refractivity (Wildman–Crippen MR) is 60.2 cm³/mol. The van der Waals surface area contributed by atoms with E-state index >= 15 is 0 Å². The number of nitrogens with one attached hydrogen (secondary N) is 1. The van der Waals surface area contributed by atoms with Crippen LogP contribution in [0.15, 0.2) is 12.1 Å². The Morgan fingerprint density at radius 2 is 2.28 bits per heavy atom. The molecule has 1 aromatic carbocycles. The number of benzene rings is 1. The third kappa shape index (κ3) is 1.79. The lowest BCUT2D eigenvalue weighted by Crippen LogP contribution is -2.13. The van der Waals surface area contributed by atoms with Gasteiger partial charge in [0.1, 0.15) is 5.56 Å². The number of nitro groups is 1. The number of hydrogen-bond acceptors (Lipinski definition) is 5. The number of carbonyl (C=O) groups excluding carboxylic acids is 2. The number of hydrogen-bond donors (Lipinski definition) is 1. The lowest BCUT2D eigenvalue weighted by atomic mass is 10.0. The molecule has 1 amide bonds. The van der Waals surface area contributed by atoms with Crippen LogP contribution in [0.2, 0.25) is 0 Å². The molecule has 1 N–H and O–H groups in total. The average molecular weight is 250 g/mol. The molecule has 1 aliphatic heterocycles. The van der Waals surface area contributed by atoms with E-state index in [0.29, 0.717) is 5.56 Å². The molecule has 0 fully saturated rings. The summed E-state index contributed by atoms with van der Waals surface area (Å²) in [5, 5.41) is 13.3. The van der Waals surface area contributed by atoms with E-state index in [9.17, 15) is 19.7 Å². The maximum Gasteiger partial charge on any atom is 0.338 e. The van der Waals surface area contributed by atoms with Crippen LogP contribution in [0.1, 0.15) is 33.2 Å². The van der Waals surface area contributed by atoms with Gasteiger partial charge in [-0.25, -0.2) is 4.79 Å². The van der Waals surface area contributed by atoms with Crippen molar-refractivity contribution in [1.29, 1.82) is 0 Å². The second-order valence-electron chi connectivity index (χ2n) is 3.65. The fourth-order valence-corrected chi connectivity index (χ4v) is 1.88. The number of nitro benzene ring substituents is 1. The summed E-state index contributed by atoms with van der Waals surface area (Å²) < 4.78 is 4.84. The van der Waals surface area contributed by atoms with Crippen LogP contribution in [-0.4, -0.2) is 23.4 Å². The van der Waals surface area contributed by atoms with Crippen molar-refractivity contribution in [3.8, 4) is 0 Å². The molecule has 0 aromatic heterocycles. The van der Waals surface area contributed by atoms with Crippen LogP contribution in [-0.2, 0) is 11.3 Å². The molecule has 7 heteroatoms. The summed E-state index contributed by atoms with van der Waals surface area (Å²) in [5.74, 6) is -1.12. The summed E-state index contributed by atoms with van der Waals surface area (Å²) in [6.07, 6.45) is 0. The van der Waals surface area contributed by atoms with Crippen molar-refractivity contribution < 1.29 is 19.2 Å². The molecule has 0 atom stereocenters. The Morgan fingerprint density at radius 3 is 2.89 bits per heavy atom. The molecular weight excluding hydrogens is 240 g/mol. The van der Waals surface area contributed by atoms with Gasteiger partial charge in [0.2, 0.25) is 0 Å². The zero-order chi connectivity index (χ0) is 13.3. The van der Waals surface area contributed by atoms with E-state index in [1.807, 2.05) is 0 Å². The van der Waals surface area contributed by atoms with Gasteiger partial charge in [-0.3, -0.25) is 14.9 Å². The summed E-state index contributed by atoms with van der Waals surface area (Å²) in [6.45, 7) is 1.96. The van der Waals surface area contributed by atoms with Crippen molar-refractivity contribution in [3.05, 3.63) is 38.9 Å². The smallest absolute Gasteiger partial charge is 0.338 e. The molecule has 0 bridgehead atoms. The molecule has 0 radical (unpaired) electrons. The second kappa shape index (κ2) is 4.44. The molecule has 7 nitrogen and oxygen atoms in total. The Hall–Kier alpha value is -2.44. The van der Waals surface area contributed by atoms with Gasteiger partial charge in [0, 0.05) is 18.2 Å². The summed E-state index contributed by atoms with van der Waals surface area (Å²) in [7, 11) is 0. The first kappa shape index (κ1) is 12.0. The maximum absolute atomic E-state index is 11.7. The molecule has 0 saturated carbocycles. The van der Waals surface area contributed by atoms with Crippen molar-refractivity contribution in [1.82, 2.24) is 5.32 Å². The van der Waals surface area contributed by atoms with Crippen LogP contribution < -0.4 is 5.32 Å². The van der Waals surface area contributed by atoms with Gasteiger partial charge >= 0.3 is 5.97 Å². The van der Waals surface area contributed by atoms with E-state index in [4.69, 9.17) is 4.74 Å². The van der Waals surface area contributed by atoms with Gasteiger partial charge < -0.3 is 10.1 Å². The Morgan fingerprint density at radius 1 is 1.56 bits per heavy atom. The topological polar surface area (TPSA) is 98.5 Å². The number of esters is 1. The standard InChI is InChI=1S/C11H10N2O5/c1-2-18-11(15)6-3-4-8(13(16)17)9-7(6)5-12-10(9)14/h3-4H,2,5H2,1H3,(H,12,14). The van der Waals surface area contributed by atoms with Gasteiger partial charge in [-0.15, -0.1) is 0 Å². The van der Waals surface area contributed by atoms with Gasteiger partial charge in [-0.1, -0.05) is 0 Å². The van der Waals surface area contributed by atoms with Gasteiger partial charge in [-0.05, 0) is 13.0 Å². The number of amides is 1. The van der Waals surface area contributed by atoms with Crippen LogP contribution in [0.4, 0.5) is 5.69 Å². The van der Waals surface area contributed by atoms with Crippen LogP contribution >= 0.6 is 0 Å². The third-order valence-electron chi connectivity index (χ3n) is 2.64. The highest BCUT2D eigenvalue weighted by Gasteiger charge is 2.32. The van der Waals surface area contributed by atoms with Crippen molar-refractivity contribution in [2.24, 2.45) is 0 Å². The highest BCUT2D eigenvalue weighted by Crippen LogP contribution is 2.29. The molecule has 94 valence electrons. The number of nitrogens with zero attached hydrogens (tertiary/aromatic N) is 1. The molecule has 0 spiro atoms. The van der Waals surface area contributed by atoms with E-state index in [2.05, 4.69) is 5.32 Å². The molecule has 1 heterocycles. The molecule has 18 heavy (non-hydrogen) atoms. The first-order valence-electron chi connectivity index (χ1n) is 5.31. The van der Waals surface area contributed by atoms with Gasteiger partial charge in [0.25, 0.3) is 11.6 Å². The molecule has 0 aliphatic carbocycles. The highest BCUT2D eigenvalue weighted by molar-refractivity contribution is 6.06. The molecule has 2 rings (SSSR count). The number of rotatable bonds is 3. The van der Waals surface area contributed by atoms with E-state index in [-0.39, 0.29) is 30.0 Å². The van der Waals surface area contributed by atoms with Crippen LogP contribution in [0.3, 0.4) is 0 Å². The number of fused-ring (bicyclic) bond motifs is 1. The monoisotopic (exact) mass is 250 g/mol. The number of ether oxygens (including phenoxy) is 1. The Balaban J connectivity index is 2.57. The normalized spacial score (nSPS) is 12.8. The predicted octanol–water partition coefficient (Wildman–Crippen LogP) is 1.01. The lowest BCUT2D eigenvalue weighted by Gasteiger charge is -2.06. The highest BCUT2D eigenvalue weighted by atomic mass is 16.6. The first-order valence-corrected chi connectivity index (χ1v) is 5.31.